The second-order valence-corrected chi connectivity index (χ2v) is 10.4. The maximum Gasteiger partial charge on any atom is 0.191 e. The lowest BCUT2D eigenvalue weighted by Crippen LogP contribution is -2.06. The third-order valence-electron chi connectivity index (χ3n) is 4.89. The number of thiazole rings is 1. The van der Waals surface area contributed by atoms with Crippen LogP contribution >= 0.6 is 34.9 Å². The van der Waals surface area contributed by atoms with Crippen molar-refractivity contribution >= 4 is 45.1 Å². The molecule has 0 saturated carbocycles. The molecule has 0 aliphatic rings. The number of rotatable bonds is 9. The van der Waals surface area contributed by atoms with E-state index in [1.165, 1.54) is 10.3 Å². The van der Waals surface area contributed by atoms with Gasteiger partial charge in [0.25, 0.3) is 0 Å². The fourth-order valence-corrected chi connectivity index (χ4v) is 6.22. The molecule has 0 spiro atoms. The zero-order chi connectivity index (χ0) is 21.6. The largest absolute Gasteiger partial charge is 0.301 e. The Morgan fingerprint density at radius 1 is 0.844 bits per heavy atom. The van der Waals surface area contributed by atoms with Gasteiger partial charge >= 0.3 is 0 Å². The zero-order valence-electron chi connectivity index (χ0n) is 17.3. The summed E-state index contributed by atoms with van der Waals surface area (Å²) >= 11 is 5.18. The van der Waals surface area contributed by atoms with Gasteiger partial charge in [0.15, 0.2) is 9.50 Å². The van der Waals surface area contributed by atoms with Gasteiger partial charge in [0.05, 0.1) is 22.5 Å². The minimum Gasteiger partial charge on any atom is -0.301 e. The van der Waals surface area contributed by atoms with Crippen LogP contribution in [-0.2, 0) is 18.7 Å². The highest BCUT2D eigenvalue weighted by molar-refractivity contribution is 8.00. The van der Waals surface area contributed by atoms with Crippen molar-refractivity contribution < 1.29 is 0 Å². The van der Waals surface area contributed by atoms with Crippen molar-refractivity contribution in [1.82, 2.24) is 24.7 Å². The molecule has 5 nitrogen and oxygen atoms in total. The van der Waals surface area contributed by atoms with E-state index < -0.39 is 0 Å². The van der Waals surface area contributed by atoms with Crippen molar-refractivity contribution in [3.63, 3.8) is 0 Å². The Morgan fingerprint density at radius 2 is 1.69 bits per heavy atom. The van der Waals surface area contributed by atoms with E-state index in [1.807, 2.05) is 30.5 Å². The van der Waals surface area contributed by atoms with Crippen LogP contribution in [0.4, 0.5) is 0 Å². The van der Waals surface area contributed by atoms with Crippen LogP contribution in [0.5, 0.6) is 0 Å². The van der Waals surface area contributed by atoms with E-state index in [9.17, 15) is 0 Å². The third-order valence-corrected chi connectivity index (χ3v) is 8.04. The summed E-state index contributed by atoms with van der Waals surface area (Å²) in [7, 11) is 0. The highest BCUT2D eigenvalue weighted by Crippen LogP contribution is 2.32. The van der Waals surface area contributed by atoms with E-state index >= 15 is 0 Å². The second-order valence-electron chi connectivity index (χ2n) is 7.13. The van der Waals surface area contributed by atoms with Gasteiger partial charge in [-0.05, 0) is 36.2 Å². The van der Waals surface area contributed by atoms with Crippen LogP contribution in [0, 0.1) is 0 Å². The molecule has 5 rings (SSSR count). The van der Waals surface area contributed by atoms with Gasteiger partial charge in [0, 0.05) is 17.6 Å². The van der Waals surface area contributed by atoms with Gasteiger partial charge in [0.2, 0.25) is 0 Å². The Hall–Kier alpha value is -2.68. The number of nitrogens with zero attached hydrogens (tertiary/aromatic N) is 5. The molecule has 0 amide bonds. The maximum atomic E-state index is 4.74. The number of hydrogen-bond donors (Lipinski definition) is 0. The fraction of sp³-hybridized carbons (Fsp3) is 0.167. The second kappa shape index (κ2) is 10.3. The first-order valence-electron chi connectivity index (χ1n) is 10.3. The molecular formula is C24H21N5S3. The first-order valence-corrected chi connectivity index (χ1v) is 13.1. The molecule has 3 heterocycles. The minimum atomic E-state index is 0.737. The Labute approximate surface area is 199 Å². The first-order chi connectivity index (χ1) is 15.8. The number of benzene rings is 2. The lowest BCUT2D eigenvalue weighted by atomic mass is 10.2. The van der Waals surface area contributed by atoms with Crippen LogP contribution in [0.1, 0.15) is 17.1 Å². The molecule has 5 aromatic rings. The molecule has 0 radical (unpaired) electrons. The molecule has 3 aromatic heterocycles. The normalized spacial score (nSPS) is 11.2. The molecule has 8 heteroatoms. The molecule has 0 bridgehead atoms. The molecule has 0 aliphatic carbocycles. The Balaban J connectivity index is 1.32. The predicted octanol–water partition coefficient (Wildman–Crippen LogP) is 5.96. The van der Waals surface area contributed by atoms with Crippen molar-refractivity contribution in [2.45, 2.75) is 28.2 Å². The Bertz CT molecular complexity index is 1250. The first kappa shape index (κ1) is 21.2. The number of pyridine rings is 1. The van der Waals surface area contributed by atoms with E-state index in [2.05, 4.69) is 68.3 Å². The molecular weight excluding hydrogens is 455 g/mol. The molecule has 0 saturated heterocycles. The number of thioether (sulfide) groups is 2. The molecule has 160 valence electrons. The van der Waals surface area contributed by atoms with E-state index in [1.54, 1.807) is 34.9 Å². The van der Waals surface area contributed by atoms with Gasteiger partial charge in [-0.1, -0.05) is 72.1 Å². The summed E-state index contributed by atoms with van der Waals surface area (Å²) in [6, 6.07) is 24.8. The SMILES string of the molecule is c1ccc(Cn2c(CSc3nc4ccccc4s3)nnc2SCCc2ccccn2)cc1. The minimum absolute atomic E-state index is 0.737. The zero-order valence-corrected chi connectivity index (χ0v) is 19.7. The highest BCUT2D eigenvalue weighted by Gasteiger charge is 2.15. The molecule has 2 aromatic carbocycles. The number of aromatic nitrogens is 5. The summed E-state index contributed by atoms with van der Waals surface area (Å²) in [6.07, 6.45) is 2.74. The average Bonchev–Trinajstić information content (AvgIpc) is 3.43. The van der Waals surface area contributed by atoms with Crippen LogP contribution in [-0.4, -0.2) is 30.5 Å². The number of hydrogen-bond acceptors (Lipinski definition) is 7. The van der Waals surface area contributed by atoms with Crippen molar-refractivity contribution in [2.24, 2.45) is 0 Å². The van der Waals surface area contributed by atoms with Crippen LogP contribution in [0.2, 0.25) is 0 Å². The van der Waals surface area contributed by atoms with Crippen LogP contribution in [0.25, 0.3) is 10.2 Å². The number of para-hydroxylation sites is 1. The standard InChI is InChI=1S/C24H21N5S3/c1-2-8-18(9-3-1)16-29-22(17-31-24-26-20-11-4-5-12-21(20)32-24)27-28-23(29)30-15-13-19-10-6-7-14-25-19/h1-12,14H,13,15-17H2. The molecule has 0 unspecified atom stereocenters. The summed E-state index contributed by atoms with van der Waals surface area (Å²) in [5.74, 6) is 2.62. The average molecular weight is 476 g/mol. The Morgan fingerprint density at radius 3 is 2.53 bits per heavy atom. The summed E-state index contributed by atoms with van der Waals surface area (Å²) < 4.78 is 4.51. The van der Waals surface area contributed by atoms with E-state index in [4.69, 9.17) is 4.98 Å². The van der Waals surface area contributed by atoms with Crippen LogP contribution in [0.15, 0.2) is 88.5 Å². The summed E-state index contributed by atoms with van der Waals surface area (Å²) in [5.41, 5.74) is 3.39. The molecule has 32 heavy (non-hydrogen) atoms. The van der Waals surface area contributed by atoms with E-state index in [0.717, 1.165) is 51.0 Å². The van der Waals surface area contributed by atoms with Crippen molar-refractivity contribution in [2.75, 3.05) is 5.75 Å². The lowest BCUT2D eigenvalue weighted by molar-refractivity contribution is 0.685. The highest BCUT2D eigenvalue weighted by atomic mass is 32.2. The van der Waals surface area contributed by atoms with Gasteiger partial charge in [-0.3, -0.25) is 4.98 Å². The quantitative estimate of drug-likeness (QED) is 0.245. The molecule has 0 atom stereocenters. The van der Waals surface area contributed by atoms with Crippen molar-refractivity contribution in [3.8, 4) is 0 Å². The van der Waals surface area contributed by atoms with Gasteiger partial charge in [-0.15, -0.1) is 21.5 Å². The third kappa shape index (κ3) is 5.20. The van der Waals surface area contributed by atoms with Crippen LogP contribution in [0.3, 0.4) is 0 Å². The van der Waals surface area contributed by atoms with Crippen LogP contribution < -0.4 is 0 Å². The fourth-order valence-electron chi connectivity index (χ4n) is 3.29. The lowest BCUT2D eigenvalue weighted by Gasteiger charge is -2.10. The van der Waals surface area contributed by atoms with Crippen molar-refractivity contribution in [1.29, 1.82) is 0 Å². The van der Waals surface area contributed by atoms with Gasteiger partial charge in [-0.2, -0.15) is 0 Å². The molecule has 0 N–H and O–H groups in total. The molecule has 0 fully saturated rings. The number of fused-ring (bicyclic) bond motifs is 1. The van der Waals surface area contributed by atoms with Gasteiger partial charge in [-0.25, -0.2) is 4.98 Å². The van der Waals surface area contributed by atoms with Gasteiger partial charge < -0.3 is 4.57 Å². The predicted molar refractivity (Wildman–Crippen MR) is 133 cm³/mol. The van der Waals surface area contributed by atoms with E-state index in [-0.39, 0.29) is 0 Å². The monoisotopic (exact) mass is 475 g/mol. The Kier molecular flexibility index (Phi) is 6.81. The maximum absolute atomic E-state index is 4.74. The number of aryl methyl sites for hydroxylation is 1. The topological polar surface area (TPSA) is 56.5 Å². The molecule has 0 aliphatic heterocycles. The van der Waals surface area contributed by atoms with Crippen molar-refractivity contribution in [3.05, 3.63) is 96.1 Å². The van der Waals surface area contributed by atoms with E-state index in [0.29, 0.717) is 0 Å². The smallest absolute Gasteiger partial charge is 0.191 e. The summed E-state index contributed by atoms with van der Waals surface area (Å²) in [6.45, 7) is 0.759. The van der Waals surface area contributed by atoms with Gasteiger partial charge in [0.1, 0.15) is 5.82 Å². The summed E-state index contributed by atoms with van der Waals surface area (Å²) in [4.78, 5) is 9.16. The summed E-state index contributed by atoms with van der Waals surface area (Å²) in [5, 5.41) is 10.0.